The lowest BCUT2D eigenvalue weighted by atomic mass is 10.1. The minimum absolute atomic E-state index is 0.0132. The number of carbonyl (C=O) groups is 1. The third-order valence-electron chi connectivity index (χ3n) is 5.00. The number of anilines is 1. The third kappa shape index (κ3) is 3.18. The second-order valence-electron chi connectivity index (χ2n) is 6.63. The molecule has 1 saturated heterocycles. The molecule has 0 saturated carbocycles. The van der Waals surface area contributed by atoms with E-state index in [1.54, 1.807) is 42.3 Å². The van der Waals surface area contributed by atoms with Crippen LogP contribution in [0.4, 0.5) is 10.1 Å². The number of nitrogens with zero attached hydrogens (tertiary/aromatic N) is 4. The molecule has 3 aromatic rings. The number of nitrogens with one attached hydrogen (secondary N) is 1. The van der Waals surface area contributed by atoms with Crippen molar-refractivity contribution in [2.24, 2.45) is 0 Å². The second kappa shape index (κ2) is 6.86. The number of H-pyrrole nitrogens is 1. The highest BCUT2D eigenvalue weighted by molar-refractivity contribution is 5.79. The molecule has 1 amide bonds. The number of carbonyl (C=O) groups excluding carboxylic acids is 1. The Morgan fingerprint density at radius 1 is 1.19 bits per heavy atom. The lowest BCUT2D eigenvalue weighted by Gasteiger charge is -2.36. The van der Waals surface area contributed by atoms with Crippen molar-refractivity contribution in [1.29, 1.82) is 0 Å². The van der Waals surface area contributed by atoms with E-state index in [1.165, 1.54) is 10.6 Å². The zero-order chi connectivity index (χ0) is 19.0. The van der Waals surface area contributed by atoms with Crippen LogP contribution in [0.1, 0.15) is 11.3 Å². The summed E-state index contributed by atoms with van der Waals surface area (Å²) in [5.41, 5.74) is 1.81. The van der Waals surface area contributed by atoms with E-state index in [0.717, 1.165) is 0 Å². The van der Waals surface area contributed by atoms with E-state index in [4.69, 9.17) is 0 Å². The minimum Gasteiger partial charge on any atom is -0.366 e. The second-order valence-corrected chi connectivity index (χ2v) is 6.63. The van der Waals surface area contributed by atoms with E-state index in [9.17, 15) is 14.0 Å². The van der Waals surface area contributed by atoms with Crippen LogP contribution in [0.25, 0.3) is 5.65 Å². The topological polar surface area (TPSA) is 73.7 Å². The summed E-state index contributed by atoms with van der Waals surface area (Å²) >= 11 is 0. The smallest absolute Gasteiger partial charge is 0.276 e. The normalized spacial score (nSPS) is 14.7. The van der Waals surface area contributed by atoms with Gasteiger partial charge in [-0.05, 0) is 19.1 Å². The first-order valence-electron chi connectivity index (χ1n) is 8.87. The summed E-state index contributed by atoms with van der Waals surface area (Å²) in [6.07, 6.45) is 1.65. The largest absolute Gasteiger partial charge is 0.366 e. The maximum absolute atomic E-state index is 13.9. The van der Waals surface area contributed by atoms with Crippen LogP contribution in [-0.4, -0.2) is 51.6 Å². The Hall–Kier alpha value is -3.16. The van der Waals surface area contributed by atoms with Crippen molar-refractivity contribution < 1.29 is 9.18 Å². The van der Waals surface area contributed by atoms with Crippen LogP contribution in [0.5, 0.6) is 0 Å². The lowest BCUT2D eigenvalue weighted by molar-refractivity contribution is -0.130. The average molecular weight is 369 g/mol. The molecule has 1 aliphatic heterocycles. The van der Waals surface area contributed by atoms with Crippen LogP contribution >= 0.6 is 0 Å². The summed E-state index contributed by atoms with van der Waals surface area (Å²) in [6, 6.07) is 8.35. The molecule has 1 aromatic carbocycles. The molecule has 1 aliphatic rings. The summed E-state index contributed by atoms with van der Waals surface area (Å²) in [5, 5.41) is 2.81. The first kappa shape index (κ1) is 17.3. The summed E-state index contributed by atoms with van der Waals surface area (Å²) in [4.78, 5) is 33.3. The molecule has 0 aliphatic carbocycles. The Balaban J connectivity index is 1.46. The highest BCUT2D eigenvalue weighted by Crippen LogP contribution is 2.20. The highest BCUT2D eigenvalue weighted by atomic mass is 19.1. The highest BCUT2D eigenvalue weighted by Gasteiger charge is 2.24. The molecule has 8 heteroatoms. The van der Waals surface area contributed by atoms with Gasteiger partial charge in [0.2, 0.25) is 5.91 Å². The fourth-order valence-corrected chi connectivity index (χ4v) is 3.48. The van der Waals surface area contributed by atoms with Gasteiger partial charge < -0.3 is 9.80 Å². The van der Waals surface area contributed by atoms with Crippen molar-refractivity contribution in [3.8, 4) is 0 Å². The van der Waals surface area contributed by atoms with Crippen molar-refractivity contribution in [3.63, 3.8) is 0 Å². The number of aromatic amines is 1. The molecule has 0 unspecified atom stereocenters. The van der Waals surface area contributed by atoms with Crippen LogP contribution in [0.15, 0.2) is 41.3 Å². The molecule has 1 N–H and O–H groups in total. The number of hydrogen-bond acceptors (Lipinski definition) is 4. The maximum Gasteiger partial charge on any atom is 0.276 e. The van der Waals surface area contributed by atoms with Crippen LogP contribution in [-0.2, 0) is 11.2 Å². The van der Waals surface area contributed by atoms with Gasteiger partial charge in [0, 0.05) is 49.7 Å². The van der Waals surface area contributed by atoms with Crippen LogP contribution in [0.3, 0.4) is 0 Å². The van der Waals surface area contributed by atoms with Crippen LogP contribution in [0.2, 0.25) is 0 Å². The molecule has 1 fully saturated rings. The molecule has 3 heterocycles. The van der Waals surface area contributed by atoms with Crippen molar-refractivity contribution in [2.75, 3.05) is 31.1 Å². The van der Waals surface area contributed by atoms with Crippen molar-refractivity contribution in [2.45, 2.75) is 13.3 Å². The SMILES string of the molecule is Cc1nc2cc[nH]n2c(=O)c1CC(=O)N1CCN(c2ccccc2F)CC1. The Morgan fingerprint density at radius 2 is 1.93 bits per heavy atom. The summed E-state index contributed by atoms with van der Waals surface area (Å²) in [6.45, 7) is 3.84. The first-order chi connectivity index (χ1) is 13.0. The standard InChI is InChI=1S/C19H20FN5O2/c1-13-14(19(27)25-17(22-13)6-7-21-25)12-18(26)24-10-8-23(9-11-24)16-5-3-2-4-15(16)20/h2-7,21H,8-12H2,1H3. The lowest BCUT2D eigenvalue weighted by Crippen LogP contribution is -2.49. The fraction of sp³-hybridized carbons (Fsp3) is 0.316. The van der Waals surface area contributed by atoms with Gasteiger partial charge in [-0.25, -0.2) is 13.9 Å². The summed E-state index contributed by atoms with van der Waals surface area (Å²) in [5.74, 6) is -0.372. The predicted octanol–water partition coefficient (Wildman–Crippen LogP) is 1.36. The number of aromatic nitrogens is 3. The molecule has 27 heavy (non-hydrogen) atoms. The van der Waals surface area contributed by atoms with E-state index in [2.05, 4.69) is 10.1 Å². The van der Waals surface area contributed by atoms with E-state index in [-0.39, 0.29) is 23.7 Å². The maximum atomic E-state index is 13.9. The number of halogens is 1. The van der Waals surface area contributed by atoms with Gasteiger partial charge in [0.1, 0.15) is 5.82 Å². The summed E-state index contributed by atoms with van der Waals surface area (Å²) < 4.78 is 15.3. The predicted molar refractivity (Wildman–Crippen MR) is 99.4 cm³/mol. The Kier molecular flexibility index (Phi) is 4.39. The molecule has 0 atom stereocenters. The van der Waals surface area contributed by atoms with Crippen LogP contribution in [0, 0.1) is 12.7 Å². The van der Waals surface area contributed by atoms with E-state index >= 15 is 0 Å². The Labute approximate surface area is 155 Å². The van der Waals surface area contributed by atoms with E-state index < -0.39 is 0 Å². The Morgan fingerprint density at radius 3 is 2.67 bits per heavy atom. The zero-order valence-corrected chi connectivity index (χ0v) is 15.0. The molecular formula is C19H20FN5O2. The molecule has 0 bridgehead atoms. The van der Waals surface area contributed by atoms with Gasteiger partial charge in [0.25, 0.3) is 5.56 Å². The number of fused-ring (bicyclic) bond motifs is 1. The number of benzene rings is 1. The third-order valence-corrected chi connectivity index (χ3v) is 5.00. The molecule has 7 nitrogen and oxygen atoms in total. The van der Waals surface area contributed by atoms with Crippen molar-refractivity contribution in [1.82, 2.24) is 19.5 Å². The molecular weight excluding hydrogens is 349 g/mol. The first-order valence-corrected chi connectivity index (χ1v) is 8.87. The van der Waals surface area contributed by atoms with Gasteiger partial charge in [0.15, 0.2) is 5.65 Å². The van der Waals surface area contributed by atoms with Crippen molar-refractivity contribution >= 4 is 17.2 Å². The van der Waals surface area contributed by atoms with Gasteiger partial charge in [-0.1, -0.05) is 12.1 Å². The molecule has 0 radical (unpaired) electrons. The molecule has 2 aromatic heterocycles. The number of amides is 1. The average Bonchev–Trinajstić information content (AvgIpc) is 3.14. The molecule has 4 rings (SSSR count). The number of aryl methyl sites for hydroxylation is 1. The minimum atomic E-state index is -0.258. The Bertz CT molecular complexity index is 1050. The van der Waals surface area contributed by atoms with Gasteiger partial charge >= 0.3 is 0 Å². The van der Waals surface area contributed by atoms with Gasteiger partial charge in [-0.3, -0.25) is 14.7 Å². The van der Waals surface area contributed by atoms with Crippen molar-refractivity contribution in [3.05, 3.63) is 64.0 Å². The van der Waals surface area contributed by atoms with E-state index in [0.29, 0.717) is 48.8 Å². The number of piperazine rings is 1. The zero-order valence-electron chi connectivity index (χ0n) is 15.0. The fourth-order valence-electron chi connectivity index (χ4n) is 3.48. The number of rotatable bonds is 3. The number of hydrogen-bond donors (Lipinski definition) is 1. The molecule has 0 spiro atoms. The van der Waals surface area contributed by atoms with Crippen LogP contribution < -0.4 is 10.5 Å². The summed E-state index contributed by atoms with van der Waals surface area (Å²) in [7, 11) is 0. The molecule has 140 valence electrons. The monoisotopic (exact) mass is 369 g/mol. The van der Waals surface area contributed by atoms with Gasteiger partial charge in [0.05, 0.1) is 12.1 Å². The van der Waals surface area contributed by atoms with Gasteiger partial charge in [-0.2, -0.15) is 0 Å². The number of para-hydroxylation sites is 1. The quantitative estimate of drug-likeness (QED) is 0.757. The van der Waals surface area contributed by atoms with Gasteiger partial charge in [-0.15, -0.1) is 0 Å². The van der Waals surface area contributed by atoms with E-state index in [1.807, 2.05) is 4.90 Å².